The highest BCUT2D eigenvalue weighted by atomic mass is 16.5. The van der Waals surface area contributed by atoms with Crippen molar-refractivity contribution >= 4 is 5.91 Å². The molecule has 1 aliphatic carbocycles. The van der Waals surface area contributed by atoms with E-state index in [0.29, 0.717) is 17.8 Å². The summed E-state index contributed by atoms with van der Waals surface area (Å²) < 4.78 is 5.01. The Kier molecular flexibility index (Phi) is 4.56. The van der Waals surface area contributed by atoms with Gasteiger partial charge in [0.15, 0.2) is 5.82 Å². The Morgan fingerprint density at radius 3 is 2.76 bits per heavy atom. The Morgan fingerprint density at radius 1 is 1.24 bits per heavy atom. The van der Waals surface area contributed by atoms with E-state index in [-0.39, 0.29) is 5.92 Å². The third-order valence-electron chi connectivity index (χ3n) is 4.89. The lowest BCUT2D eigenvalue weighted by Crippen LogP contribution is -2.40. The topological polar surface area (TPSA) is 59.2 Å². The van der Waals surface area contributed by atoms with Crippen LogP contribution in [0.2, 0.25) is 0 Å². The molecule has 5 heteroatoms. The molecule has 1 saturated heterocycles. The maximum atomic E-state index is 12.7. The Bertz CT molecular complexity index is 480. The molecule has 0 bridgehead atoms. The molecule has 0 aromatic carbocycles. The first kappa shape index (κ1) is 14.5. The Morgan fingerprint density at radius 2 is 2.05 bits per heavy atom. The zero-order valence-electron chi connectivity index (χ0n) is 12.9. The average molecular weight is 291 g/mol. The van der Waals surface area contributed by atoms with E-state index in [1.807, 2.05) is 6.92 Å². The second kappa shape index (κ2) is 6.58. The Labute approximate surface area is 126 Å². The second-order valence-electron chi connectivity index (χ2n) is 6.43. The van der Waals surface area contributed by atoms with E-state index < -0.39 is 0 Å². The lowest BCUT2D eigenvalue weighted by molar-refractivity contribution is -0.137. The molecule has 0 unspecified atom stereocenters. The number of hydrogen-bond acceptors (Lipinski definition) is 4. The van der Waals surface area contributed by atoms with Gasteiger partial charge < -0.3 is 9.42 Å². The van der Waals surface area contributed by atoms with Gasteiger partial charge in [0, 0.05) is 31.8 Å². The monoisotopic (exact) mass is 291 g/mol. The van der Waals surface area contributed by atoms with Crippen molar-refractivity contribution in [2.75, 3.05) is 6.54 Å². The Balaban J connectivity index is 1.55. The van der Waals surface area contributed by atoms with E-state index >= 15 is 0 Å². The van der Waals surface area contributed by atoms with E-state index in [1.165, 1.54) is 19.3 Å². The highest BCUT2D eigenvalue weighted by Gasteiger charge is 2.33. The van der Waals surface area contributed by atoms with Gasteiger partial charge in [0.1, 0.15) is 0 Å². The van der Waals surface area contributed by atoms with Crippen LogP contribution in [-0.4, -0.2) is 33.5 Å². The molecular weight excluding hydrogens is 266 g/mol. The average Bonchev–Trinajstić information content (AvgIpc) is 3.14. The van der Waals surface area contributed by atoms with Crippen molar-refractivity contribution in [2.24, 2.45) is 5.92 Å². The molecule has 0 N–H and O–H groups in total. The van der Waals surface area contributed by atoms with Crippen molar-refractivity contribution in [3.8, 4) is 0 Å². The van der Waals surface area contributed by atoms with Crippen LogP contribution in [0.25, 0.3) is 0 Å². The van der Waals surface area contributed by atoms with Crippen LogP contribution >= 0.6 is 0 Å². The van der Waals surface area contributed by atoms with Gasteiger partial charge in [-0.15, -0.1) is 0 Å². The number of likely N-dealkylation sites (tertiary alicyclic amines) is 1. The lowest BCUT2D eigenvalue weighted by atomic mass is 9.88. The van der Waals surface area contributed by atoms with Gasteiger partial charge in [-0.25, -0.2) is 0 Å². The van der Waals surface area contributed by atoms with Gasteiger partial charge in [-0.1, -0.05) is 24.4 Å². The summed E-state index contributed by atoms with van der Waals surface area (Å²) in [5.41, 5.74) is 0. The van der Waals surface area contributed by atoms with Crippen molar-refractivity contribution < 1.29 is 9.32 Å². The van der Waals surface area contributed by atoms with E-state index in [1.54, 1.807) is 0 Å². The third kappa shape index (κ3) is 3.44. The maximum Gasteiger partial charge on any atom is 0.225 e. The summed E-state index contributed by atoms with van der Waals surface area (Å²) in [5, 5.41) is 3.95. The fourth-order valence-electron chi connectivity index (χ4n) is 3.75. The van der Waals surface area contributed by atoms with Gasteiger partial charge in [0.05, 0.1) is 0 Å². The molecule has 1 saturated carbocycles. The van der Waals surface area contributed by atoms with Crippen molar-refractivity contribution in [2.45, 2.75) is 70.8 Å². The summed E-state index contributed by atoms with van der Waals surface area (Å²) in [7, 11) is 0. The molecule has 2 heterocycles. The van der Waals surface area contributed by atoms with Crippen LogP contribution in [0.5, 0.6) is 0 Å². The normalized spacial score (nSPS) is 23.7. The minimum atomic E-state index is 0.284. The van der Waals surface area contributed by atoms with Crippen LogP contribution in [0.3, 0.4) is 0 Å². The number of carbonyl (C=O) groups excluding carboxylic acids is 1. The minimum absolute atomic E-state index is 0.284. The van der Waals surface area contributed by atoms with Gasteiger partial charge in [-0.2, -0.15) is 4.98 Å². The van der Waals surface area contributed by atoms with Crippen LogP contribution in [0.4, 0.5) is 0 Å². The predicted octanol–water partition coefficient (Wildman–Crippen LogP) is 2.88. The lowest BCUT2D eigenvalue weighted by Gasteiger charge is -2.30. The smallest absolute Gasteiger partial charge is 0.225 e. The number of aryl methyl sites for hydroxylation is 2. The predicted molar refractivity (Wildman–Crippen MR) is 78.7 cm³/mol. The first-order chi connectivity index (χ1) is 10.2. The van der Waals surface area contributed by atoms with E-state index in [9.17, 15) is 4.79 Å². The number of amides is 1. The molecule has 2 fully saturated rings. The first-order valence-electron chi connectivity index (χ1n) is 8.33. The molecular formula is C16H25N3O2. The van der Waals surface area contributed by atoms with Gasteiger partial charge in [0.2, 0.25) is 11.8 Å². The first-order valence-corrected chi connectivity index (χ1v) is 8.33. The highest BCUT2D eigenvalue weighted by Crippen LogP contribution is 2.30. The van der Waals surface area contributed by atoms with Gasteiger partial charge in [0.25, 0.3) is 0 Å². The van der Waals surface area contributed by atoms with Gasteiger partial charge in [-0.05, 0) is 32.1 Å². The summed E-state index contributed by atoms with van der Waals surface area (Å²) in [4.78, 5) is 19.1. The van der Waals surface area contributed by atoms with Gasteiger partial charge in [-0.3, -0.25) is 4.79 Å². The number of rotatable bonds is 4. The summed E-state index contributed by atoms with van der Waals surface area (Å²) in [6, 6.07) is 0.373. The molecule has 1 aromatic heterocycles. The quantitative estimate of drug-likeness (QED) is 0.856. The zero-order valence-corrected chi connectivity index (χ0v) is 12.9. The Hall–Kier alpha value is -1.39. The van der Waals surface area contributed by atoms with Crippen LogP contribution < -0.4 is 0 Å². The third-order valence-corrected chi connectivity index (χ3v) is 4.89. The van der Waals surface area contributed by atoms with Crippen molar-refractivity contribution in [1.82, 2.24) is 15.0 Å². The molecule has 0 radical (unpaired) electrons. The summed E-state index contributed by atoms with van der Waals surface area (Å²) in [6.45, 7) is 2.75. The van der Waals surface area contributed by atoms with Crippen LogP contribution in [0, 0.1) is 12.8 Å². The summed E-state index contributed by atoms with van der Waals surface area (Å²) in [5.74, 6) is 2.07. The van der Waals surface area contributed by atoms with Gasteiger partial charge >= 0.3 is 0 Å². The molecule has 1 amide bonds. The number of nitrogens with zero attached hydrogens (tertiary/aromatic N) is 3. The molecule has 1 aromatic rings. The molecule has 0 spiro atoms. The largest absolute Gasteiger partial charge is 0.340 e. The molecule has 2 aliphatic rings. The fourth-order valence-corrected chi connectivity index (χ4v) is 3.75. The molecule has 116 valence electrons. The summed E-state index contributed by atoms with van der Waals surface area (Å²) >= 11 is 0. The standard InChI is InChI=1S/C16H25N3O2/c1-12-17-15(18-21-12)10-9-14-8-5-11-19(14)16(20)13-6-3-2-4-7-13/h13-14H,2-11H2,1H3/t14-/m1/s1. The van der Waals surface area contributed by atoms with E-state index in [4.69, 9.17) is 4.52 Å². The molecule has 5 nitrogen and oxygen atoms in total. The van der Waals surface area contributed by atoms with Crippen LogP contribution in [0.1, 0.15) is 63.1 Å². The fraction of sp³-hybridized carbons (Fsp3) is 0.812. The zero-order chi connectivity index (χ0) is 14.7. The van der Waals surface area contributed by atoms with Crippen LogP contribution in [0.15, 0.2) is 4.52 Å². The number of aromatic nitrogens is 2. The summed E-state index contributed by atoms with van der Waals surface area (Å²) in [6.07, 6.45) is 9.92. The minimum Gasteiger partial charge on any atom is -0.340 e. The van der Waals surface area contributed by atoms with E-state index in [0.717, 1.165) is 50.9 Å². The highest BCUT2D eigenvalue weighted by molar-refractivity contribution is 5.79. The molecule has 1 aliphatic heterocycles. The maximum absolute atomic E-state index is 12.7. The van der Waals surface area contributed by atoms with Crippen molar-refractivity contribution in [1.29, 1.82) is 0 Å². The van der Waals surface area contributed by atoms with Crippen molar-refractivity contribution in [3.05, 3.63) is 11.7 Å². The van der Waals surface area contributed by atoms with Crippen molar-refractivity contribution in [3.63, 3.8) is 0 Å². The number of carbonyl (C=O) groups is 1. The number of hydrogen-bond donors (Lipinski definition) is 0. The van der Waals surface area contributed by atoms with Crippen LogP contribution in [-0.2, 0) is 11.2 Å². The molecule has 1 atom stereocenters. The second-order valence-corrected chi connectivity index (χ2v) is 6.43. The molecule has 3 rings (SSSR count). The SMILES string of the molecule is Cc1nc(CC[C@H]2CCCN2C(=O)C2CCCCC2)no1. The van der Waals surface area contributed by atoms with E-state index in [2.05, 4.69) is 15.0 Å². The molecule has 21 heavy (non-hydrogen) atoms.